The van der Waals surface area contributed by atoms with Crippen molar-refractivity contribution in [3.8, 4) is 0 Å². The fourth-order valence-electron chi connectivity index (χ4n) is 1.77. The largest absolute Gasteiger partial charge is 0.353 e. The normalized spacial score (nSPS) is 23.6. The van der Waals surface area contributed by atoms with Gasteiger partial charge in [-0.2, -0.15) is 0 Å². The molecule has 2 rings (SSSR count). The minimum atomic E-state index is -0.422. The van der Waals surface area contributed by atoms with Crippen LogP contribution in [0.15, 0.2) is 0 Å². The van der Waals surface area contributed by atoms with E-state index in [1.54, 1.807) is 0 Å². The first-order valence-corrected chi connectivity index (χ1v) is 6.01. The van der Waals surface area contributed by atoms with Crippen molar-refractivity contribution in [2.45, 2.75) is 44.2 Å². The third kappa shape index (κ3) is 3.81. The predicted molar refractivity (Wildman–Crippen MR) is 60.0 cm³/mol. The topological polar surface area (TPSA) is 87.3 Å². The van der Waals surface area contributed by atoms with Crippen molar-refractivity contribution in [1.82, 2.24) is 16.0 Å². The molecule has 1 unspecified atom stereocenters. The van der Waals surface area contributed by atoms with Gasteiger partial charge < -0.3 is 10.6 Å². The van der Waals surface area contributed by atoms with Crippen LogP contribution in [0.3, 0.4) is 0 Å². The van der Waals surface area contributed by atoms with Crippen molar-refractivity contribution in [2.75, 3.05) is 6.54 Å². The van der Waals surface area contributed by atoms with Crippen molar-refractivity contribution >= 4 is 17.7 Å². The molecule has 1 heterocycles. The van der Waals surface area contributed by atoms with Crippen LogP contribution in [0.25, 0.3) is 0 Å². The molecule has 1 atom stereocenters. The smallest absolute Gasteiger partial charge is 0.244 e. The molecule has 1 aliphatic carbocycles. The highest BCUT2D eigenvalue weighted by Gasteiger charge is 2.29. The summed E-state index contributed by atoms with van der Waals surface area (Å²) in [6, 6.07) is -0.0253. The molecule has 0 bridgehead atoms. The molecule has 6 heteroatoms. The molecular weight excluding hydrogens is 222 g/mol. The van der Waals surface area contributed by atoms with Crippen molar-refractivity contribution in [2.24, 2.45) is 0 Å². The molecule has 2 fully saturated rings. The molecule has 1 saturated carbocycles. The number of hydrogen-bond acceptors (Lipinski definition) is 4. The molecule has 1 aliphatic heterocycles. The van der Waals surface area contributed by atoms with Gasteiger partial charge in [0.15, 0.2) is 0 Å². The molecule has 17 heavy (non-hydrogen) atoms. The summed E-state index contributed by atoms with van der Waals surface area (Å²) in [5.41, 5.74) is 0. The fourth-order valence-corrected chi connectivity index (χ4v) is 1.77. The van der Waals surface area contributed by atoms with Crippen molar-refractivity contribution in [3.05, 3.63) is 0 Å². The van der Waals surface area contributed by atoms with E-state index in [1.807, 2.05) is 0 Å². The van der Waals surface area contributed by atoms with Crippen molar-refractivity contribution in [3.63, 3.8) is 0 Å². The monoisotopic (exact) mass is 239 g/mol. The van der Waals surface area contributed by atoms with Crippen LogP contribution in [0.2, 0.25) is 0 Å². The van der Waals surface area contributed by atoms with Crippen LogP contribution >= 0.6 is 0 Å². The maximum atomic E-state index is 11.3. The highest BCUT2D eigenvalue weighted by molar-refractivity contribution is 6.05. The second kappa shape index (κ2) is 5.27. The van der Waals surface area contributed by atoms with E-state index in [2.05, 4.69) is 16.0 Å². The van der Waals surface area contributed by atoms with E-state index in [0.29, 0.717) is 25.4 Å². The molecule has 0 spiro atoms. The Morgan fingerprint density at radius 2 is 2.12 bits per heavy atom. The zero-order valence-corrected chi connectivity index (χ0v) is 9.62. The van der Waals surface area contributed by atoms with Gasteiger partial charge in [-0.25, -0.2) is 0 Å². The summed E-state index contributed by atoms with van der Waals surface area (Å²) in [6.07, 6.45) is 3.53. The van der Waals surface area contributed by atoms with E-state index in [4.69, 9.17) is 0 Å². The zero-order valence-electron chi connectivity index (χ0n) is 9.62. The maximum Gasteiger partial charge on any atom is 0.244 e. The Labute approximate surface area is 99.5 Å². The van der Waals surface area contributed by atoms with E-state index in [9.17, 15) is 14.4 Å². The van der Waals surface area contributed by atoms with Gasteiger partial charge in [-0.15, -0.1) is 0 Å². The average Bonchev–Trinajstić information content (AvgIpc) is 3.00. The molecule has 3 N–H and O–H groups in total. The Hall–Kier alpha value is -1.43. The summed E-state index contributed by atoms with van der Waals surface area (Å²) in [7, 11) is 0. The highest BCUT2D eigenvalue weighted by atomic mass is 16.2. The Bertz CT molecular complexity index is 339. The number of hydrogen-bond donors (Lipinski definition) is 3. The van der Waals surface area contributed by atoms with Gasteiger partial charge in [-0.3, -0.25) is 19.7 Å². The van der Waals surface area contributed by atoms with Gasteiger partial charge in [0.1, 0.15) is 0 Å². The minimum Gasteiger partial charge on any atom is -0.353 e. The van der Waals surface area contributed by atoms with Crippen molar-refractivity contribution < 1.29 is 14.4 Å². The molecule has 0 radical (unpaired) electrons. The lowest BCUT2D eigenvalue weighted by Gasteiger charge is -2.08. The summed E-state index contributed by atoms with van der Waals surface area (Å²) < 4.78 is 0. The molecule has 94 valence electrons. The van der Waals surface area contributed by atoms with Gasteiger partial charge in [-0.05, 0) is 25.8 Å². The fraction of sp³-hybridized carbons (Fsp3) is 0.727. The van der Waals surface area contributed by atoms with Gasteiger partial charge >= 0.3 is 0 Å². The summed E-state index contributed by atoms with van der Waals surface area (Å²) in [6.45, 7) is 0.573. The van der Waals surface area contributed by atoms with Crippen LogP contribution in [-0.2, 0) is 14.4 Å². The number of imide groups is 1. The number of carbonyl (C=O) groups is 3. The lowest BCUT2D eigenvalue weighted by atomic mass is 10.2. The number of nitrogens with one attached hydrogen (secondary N) is 3. The van der Waals surface area contributed by atoms with Gasteiger partial charge in [0.05, 0.1) is 12.5 Å². The van der Waals surface area contributed by atoms with Crippen molar-refractivity contribution in [1.29, 1.82) is 0 Å². The summed E-state index contributed by atoms with van der Waals surface area (Å²) in [5.74, 6) is -0.433. The Balaban J connectivity index is 1.54. The third-order valence-electron chi connectivity index (χ3n) is 2.88. The second-order valence-corrected chi connectivity index (χ2v) is 4.57. The molecule has 3 amide bonds. The van der Waals surface area contributed by atoms with Crippen LogP contribution in [0.4, 0.5) is 0 Å². The molecule has 2 aliphatic rings. The van der Waals surface area contributed by atoms with E-state index in [-0.39, 0.29) is 24.1 Å². The molecule has 0 aromatic rings. The van der Waals surface area contributed by atoms with Gasteiger partial charge in [-0.1, -0.05) is 0 Å². The first-order valence-electron chi connectivity index (χ1n) is 6.01. The first-order chi connectivity index (χ1) is 8.15. The molecule has 1 saturated heterocycles. The minimum absolute atomic E-state index is 0.0706. The molecule has 6 nitrogen and oxygen atoms in total. The van der Waals surface area contributed by atoms with Crippen LogP contribution in [0, 0.1) is 0 Å². The molecule has 0 aromatic heterocycles. The number of rotatable bonds is 6. The number of carbonyl (C=O) groups excluding carboxylic acids is 3. The standard InChI is InChI=1S/C11H17N3O3/c15-9(13-7-3-4-7)2-1-5-12-8-6-10(16)14-11(8)17/h7-8,12H,1-6H2,(H,13,15)(H,14,16,17). The third-order valence-corrected chi connectivity index (χ3v) is 2.88. The quantitative estimate of drug-likeness (QED) is 0.412. The van der Waals surface area contributed by atoms with Crippen LogP contribution < -0.4 is 16.0 Å². The lowest BCUT2D eigenvalue weighted by Crippen LogP contribution is -2.37. The SMILES string of the molecule is O=C1CC(NCCCC(=O)NC2CC2)C(=O)N1. The highest BCUT2D eigenvalue weighted by Crippen LogP contribution is 2.18. The maximum absolute atomic E-state index is 11.3. The van der Waals surface area contributed by atoms with Gasteiger partial charge in [0.25, 0.3) is 0 Å². The van der Waals surface area contributed by atoms with Crippen LogP contribution in [-0.4, -0.2) is 36.3 Å². The Morgan fingerprint density at radius 3 is 2.71 bits per heavy atom. The molecule has 0 aromatic carbocycles. The summed E-state index contributed by atoms with van der Waals surface area (Å²) in [4.78, 5) is 33.4. The predicted octanol–water partition coefficient (Wildman–Crippen LogP) is -0.950. The average molecular weight is 239 g/mol. The Kier molecular flexibility index (Phi) is 3.73. The van der Waals surface area contributed by atoms with Gasteiger partial charge in [0, 0.05) is 12.5 Å². The lowest BCUT2D eigenvalue weighted by molar-refractivity contribution is -0.125. The second-order valence-electron chi connectivity index (χ2n) is 4.57. The van der Waals surface area contributed by atoms with E-state index < -0.39 is 6.04 Å². The summed E-state index contributed by atoms with van der Waals surface area (Å²) in [5, 5.41) is 8.10. The first kappa shape index (κ1) is 12.0. The van der Waals surface area contributed by atoms with Crippen LogP contribution in [0.1, 0.15) is 32.1 Å². The summed E-state index contributed by atoms with van der Waals surface area (Å²) >= 11 is 0. The molecular formula is C11H17N3O3. The van der Waals surface area contributed by atoms with E-state index >= 15 is 0 Å². The van der Waals surface area contributed by atoms with E-state index in [1.165, 1.54) is 0 Å². The van der Waals surface area contributed by atoms with E-state index in [0.717, 1.165) is 12.8 Å². The Morgan fingerprint density at radius 1 is 1.35 bits per heavy atom. The van der Waals surface area contributed by atoms with Gasteiger partial charge in [0.2, 0.25) is 17.7 Å². The zero-order chi connectivity index (χ0) is 12.3. The number of amides is 3. The van der Waals surface area contributed by atoms with Crippen LogP contribution in [0.5, 0.6) is 0 Å².